The van der Waals surface area contributed by atoms with Crippen LogP contribution in [0.1, 0.15) is 40.9 Å². The Balaban J connectivity index is 2.83. The zero-order valence-electron chi connectivity index (χ0n) is 11.0. The van der Waals surface area contributed by atoms with Crippen LogP contribution < -0.4 is 0 Å². The first kappa shape index (κ1) is 6.24. The van der Waals surface area contributed by atoms with Crippen molar-refractivity contribution in [2.45, 2.75) is 33.2 Å². The Hall–Kier alpha value is -1.25. The fourth-order valence-electron chi connectivity index (χ4n) is 0.849. The van der Waals surface area contributed by atoms with Gasteiger partial charge in [-0.3, -0.25) is 0 Å². The second kappa shape index (κ2) is 3.24. The average molecular weight is 184 g/mol. The predicted octanol–water partition coefficient (Wildman–Crippen LogP) is 2.28. The molecular weight excluding hydrogens is 166 g/mol. The third kappa shape index (κ3) is 2.93. The van der Waals surface area contributed by atoms with Crippen LogP contribution >= 0.6 is 0 Å². The van der Waals surface area contributed by atoms with E-state index in [-0.39, 0.29) is 11.3 Å². The smallest absolute Gasteiger partial charge is 0.340 e. The zero-order chi connectivity index (χ0) is 12.6. The molecular formula is C10H15NO2. The number of hydrogen-bond acceptors (Lipinski definition) is 2. The lowest BCUT2D eigenvalue weighted by Gasteiger charge is -2.18. The maximum absolute atomic E-state index is 11.6. The molecule has 0 fully saturated rings. The maximum atomic E-state index is 11.6. The van der Waals surface area contributed by atoms with Crippen molar-refractivity contribution in [1.82, 2.24) is 4.98 Å². The molecule has 0 spiro atoms. The second-order valence-corrected chi connectivity index (χ2v) is 3.80. The van der Waals surface area contributed by atoms with Crippen LogP contribution in [0, 0.1) is 6.85 Å². The number of rotatable bonds is 1. The summed E-state index contributed by atoms with van der Waals surface area (Å²) in [5.74, 6) is -0.528. The molecule has 0 radical (unpaired) electrons. The lowest BCUT2D eigenvalue weighted by atomic mass is 10.2. The van der Waals surface area contributed by atoms with Gasteiger partial charge in [-0.1, -0.05) is 0 Å². The number of esters is 1. The Morgan fingerprint density at radius 2 is 2.31 bits per heavy atom. The summed E-state index contributed by atoms with van der Waals surface area (Å²) in [5, 5.41) is 0. The highest BCUT2D eigenvalue weighted by Gasteiger charge is 2.18. The van der Waals surface area contributed by atoms with Gasteiger partial charge >= 0.3 is 5.97 Å². The number of nitrogens with one attached hydrogen (secondary N) is 1. The molecule has 0 amide bonds. The number of hydrogen-bond donors (Lipinski definition) is 1. The van der Waals surface area contributed by atoms with E-state index in [1.165, 1.54) is 12.3 Å². The Kier molecular flexibility index (Phi) is 1.56. The van der Waals surface area contributed by atoms with Crippen molar-refractivity contribution in [1.29, 1.82) is 0 Å². The van der Waals surface area contributed by atoms with Crippen molar-refractivity contribution in [3.05, 3.63) is 23.5 Å². The predicted molar refractivity (Wildman–Crippen MR) is 50.7 cm³/mol. The average Bonchev–Trinajstić information content (AvgIpc) is 2.46. The van der Waals surface area contributed by atoms with E-state index in [4.69, 9.17) is 8.85 Å². The van der Waals surface area contributed by atoms with Gasteiger partial charge in [-0.2, -0.15) is 0 Å². The number of carbonyl (C=O) groups is 1. The quantitative estimate of drug-likeness (QED) is 0.680. The first-order valence-electron chi connectivity index (χ1n) is 5.52. The van der Waals surface area contributed by atoms with Crippen molar-refractivity contribution in [3.8, 4) is 0 Å². The van der Waals surface area contributed by atoms with Crippen LogP contribution in [0.3, 0.4) is 0 Å². The van der Waals surface area contributed by atoms with E-state index < -0.39 is 18.4 Å². The van der Waals surface area contributed by atoms with E-state index in [2.05, 4.69) is 4.98 Å². The molecule has 3 heteroatoms. The van der Waals surface area contributed by atoms with Crippen molar-refractivity contribution < 1.29 is 13.6 Å². The molecule has 1 aromatic rings. The minimum Gasteiger partial charge on any atom is -0.456 e. The normalized spacial score (nSPS) is 15.8. The summed E-state index contributed by atoms with van der Waals surface area (Å²) in [4.78, 5) is 14.1. The molecule has 0 saturated carbocycles. The number of ether oxygens (including phenoxy) is 1. The molecule has 1 heterocycles. The van der Waals surface area contributed by atoms with E-state index in [9.17, 15) is 4.79 Å². The highest BCUT2D eigenvalue weighted by molar-refractivity contribution is 5.89. The van der Waals surface area contributed by atoms with Gasteiger partial charge < -0.3 is 9.72 Å². The van der Waals surface area contributed by atoms with Gasteiger partial charge in [-0.25, -0.2) is 4.79 Å². The van der Waals surface area contributed by atoms with Crippen molar-refractivity contribution in [3.63, 3.8) is 0 Å². The Labute approximate surface area is 82.3 Å². The van der Waals surface area contributed by atoms with Gasteiger partial charge in [0.25, 0.3) is 0 Å². The number of carbonyl (C=O) groups excluding carboxylic acids is 1. The van der Waals surface area contributed by atoms with E-state index in [0.717, 1.165) is 0 Å². The Morgan fingerprint density at radius 3 is 2.77 bits per heavy atom. The molecule has 72 valence electrons. The summed E-state index contributed by atoms with van der Waals surface area (Å²) >= 11 is 0. The van der Waals surface area contributed by atoms with E-state index in [1.54, 1.807) is 20.8 Å². The first-order valence-corrected chi connectivity index (χ1v) is 4.02. The number of H-pyrrole nitrogens is 1. The molecule has 0 aromatic carbocycles. The minimum atomic E-state index is -2.24. The van der Waals surface area contributed by atoms with Crippen LogP contribution in [0.25, 0.3) is 0 Å². The molecule has 0 atom stereocenters. The Morgan fingerprint density at radius 1 is 1.62 bits per heavy atom. The largest absolute Gasteiger partial charge is 0.456 e. The summed E-state index contributed by atoms with van der Waals surface area (Å²) in [6.07, 6.45) is 1.34. The molecule has 0 aliphatic heterocycles. The van der Waals surface area contributed by atoms with Crippen LogP contribution in [0.4, 0.5) is 0 Å². The van der Waals surface area contributed by atoms with Gasteiger partial charge in [0.1, 0.15) is 5.60 Å². The first-order chi connectivity index (χ1) is 7.09. The van der Waals surface area contributed by atoms with Crippen LogP contribution in [0.15, 0.2) is 12.3 Å². The molecule has 0 unspecified atom stereocenters. The summed E-state index contributed by atoms with van der Waals surface area (Å²) in [6, 6.07) is 1.29. The molecule has 1 rings (SSSR count). The van der Waals surface area contributed by atoms with Gasteiger partial charge in [-0.15, -0.1) is 0 Å². The SMILES string of the molecule is [2H]C([2H])([2H])c1cc(C(=O)OC(C)(C)C)c[nH]1. The highest BCUT2D eigenvalue weighted by atomic mass is 16.6. The van der Waals surface area contributed by atoms with Crippen LogP contribution in [-0.2, 0) is 4.74 Å². The van der Waals surface area contributed by atoms with Gasteiger partial charge in [0.2, 0.25) is 0 Å². The fraction of sp³-hybridized carbons (Fsp3) is 0.500. The third-order valence-corrected chi connectivity index (χ3v) is 1.32. The Bertz CT molecular complexity index is 388. The van der Waals surface area contributed by atoms with E-state index in [1.807, 2.05) is 0 Å². The van der Waals surface area contributed by atoms with Gasteiger partial charge in [0.05, 0.1) is 5.56 Å². The standard InChI is InChI=1S/C10H15NO2/c1-7-5-8(6-11-7)9(12)13-10(2,3)4/h5-6,11H,1-4H3/i1D3. The van der Waals surface area contributed by atoms with Gasteiger partial charge in [0, 0.05) is 16.0 Å². The topological polar surface area (TPSA) is 42.1 Å². The fourth-order valence-corrected chi connectivity index (χ4v) is 0.849. The number of aromatic amines is 1. The lowest BCUT2D eigenvalue weighted by Crippen LogP contribution is -2.23. The third-order valence-electron chi connectivity index (χ3n) is 1.32. The summed E-state index contributed by atoms with van der Waals surface area (Å²) in [6.45, 7) is 3.02. The molecule has 0 bridgehead atoms. The highest BCUT2D eigenvalue weighted by Crippen LogP contribution is 2.12. The number of aromatic nitrogens is 1. The molecule has 0 saturated heterocycles. The monoisotopic (exact) mass is 184 g/mol. The van der Waals surface area contributed by atoms with Crippen molar-refractivity contribution in [2.75, 3.05) is 0 Å². The molecule has 13 heavy (non-hydrogen) atoms. The molecule has 1 aromatic heterocycles. The van der Waals surface area contributed by atoms with Crippen LogP contribution in [0.2, 0.25) is 0 Å². The van der Waals surface area contributed by atoms with Gasteiger partial charge in [0.15, 0.2) is 0 Å². The molecule has 1 N–H and O–H groups in total. The zero-order valence-corrected chi connectivity index (χ0v) is 7.97. The molecule has 3 nitrogen and oxygen atoms in total. The van der Waals surface area contributed by atoms with E-state index in [0.29, 0.717) is 0 Å². The summed E-state index contributed by atoms with van der Waals surface area (Å²) in [7, 11) is 0. The van der Waals surface area contributed by atoms with Crippen molar-refractivity contribution in [2.24, 2.45) is 0 Å². The summed E-state index contributed by atoms with van der Waals surface area (Å²) < 4.78 is 26.6. The van der Waals surface area contributed by atoms with E-state index >= 15 is 0 Å². The van der Waals surface area contributed by atoms with Gasteiger partial charge in [-0.05, 0) is 33.7 Å². The summed E-state index contributed by atoms with van der Waals surface area (Å²) in [5.41, 5.74) is -0.330. The second-order valence-electron chi connectivity index (χ2n) is 3.80. The van der Waals surface area contributed by atoms with Crippen LogP contribution in [-0.4, -0.2) is 16.6 Å². The minimum absolute atomic E-state index is 0.0355. The number of aryl methyl sites for hydroxylation is 1. The van der Waals surface area contributed by atoms with Crippen LogP contribution in [0.5, 0.6) is 0 Å². The maximum Gasteiger partial charge on any atom is 0.340 e. The molecule has 0 aliphatic rings. The lowest BCUT2D eigenvalue weighted by molar-refractivity contribution is 0.00697. The van der Waals surface area contributed by atoms with Crippen molar-refractivity contribution >= 4 is 5.97 Å². The molecule has 0 aliphatic carbocycles.